The molecule has 3 heterocycles. The highest BCUT2D eigenvalue weighted by molar-refractivity contribution is 5.85. The molecule has 6 nitrogen and oxygen atoms in total. The van der Waals surface area contributed by atoms with E-state index in [-0.39, 0.29) is 23.3 Å². The van der Waals surface area contributed by atoms with Crippen molar-refractivity contribution in [3.05, 3.63) is 66.0 Å². The fourth-order valence-electron chi connectivity index (χ4n) is 6.72. The van der Waals surface area contributed by atoms with Gasteiger partial charge >= 0.3 is 0 Å². The summed E-state index contributed by atoms with van der Waals surface area (Å²) >= 11 is 0. The lowest BCUT2D eigenvalue weighted by atomic mass is 9.77. The van der Waals surface area contributed by atoms with Crippen LogP contribution in [0.1, 0.15) is 75.5 Å². The molecule has 1 aromatic heterocycles. The number of carbonyl (C=O) groups is 2. The van der Waals surface area contributed by atoms with E-state index >= 15 is 0 Å². The van der Waals surface area contributed by atoms with Crippen molar-refractivity contribution in [2.45, 2.75) is 70.9 Å². The summed E-state index contributed by atoms with van der Waals surface area (Å²) in [4.78, 5) is 35.3. The Morgan fingerprint density at radius 3 is 2.49 bits per heavy atom. The van der Waals surface area contributed by atoms with E-state index in [0.717, 1.165) is 57.4 Å². The van der Waals surface area contributed by atoms with Crippen LogP contribution in [0.2, 0.25) is 0 Å². The molecule has 2 atom stereocenters. The molecule has 6 heteroatoms. The Morgan fingerprint density at radius 2 is 1.78 bits per heavy atom. The van der Waals surface area contributed by atoms with Gasteiger partial charge in [-0.05, 0) is 74.7 Å². The molecule has 198 valence electrons. The van der Waals surface area contributed by atoms with Crippen LogP contribution in [-0.2, 0) is 16.1 Å². The highest BCUT2D eigenvalue weighted by atomic mass is 16.2. The topological polar surface area (TPSA) is 65.5 Å². The molecule has 2 aliphatic heterocycles. The van der Waals surface area contributed by atoms with Gasteiger partial charge < -0.3 is 15.1 Å². The molecule has 3 aliphatic rings. The number of rotatable bonds is 9. The monoisotopic (exact) mass is 502 g/mol. The van der Waals surface area contributed by atoms with E-state index in [2.05, 4.69) is 46.4 Å². The Balaban J connectivity index is 1.15. The van der Waals surface area contributed by atoms with Crippen molar-refractivity contribution in [3.63, 3.8) is 0 Å². The van der Waals surface area contributed by atoms with Crippen LogP contribution in [0.4, 0.5) is 0 Å². The summed E-state index contributed by atoms with van der Waals surface area (Å²) in [5, 5.41) is 3.40. The van der Waals surface area contributed by atoms with Crippen molar-refractivity contribution in [2.24, 2.45) is 17.3 Å². The zero-order valence-electron chi connectivity index (χ0n) is 22.3. The van der Waals surface area contributed by atoms with Crippen LogP contribution in [0, 0.1) is 17.3 Å². The molecule has 0 bridgehead atoms. The number of hydrogen-bond donors (Lipinski definition) is 1. The first-order chi connectivity index (χ1) is 18.0. The zero-order chi connectivity index (χ0) is 25.7. The molecule has 0 radical (unpaired) electrons. The van der Waals surface area contributed by atoms with Gasteiger partial charge in [-0.3, -0.25) is 14.6 Å². The zero-order valence-corrected chi connectivity index (χ0v) is 22.3. The van der Waals surface area contributed by atoms with Gasteiger partial charge in [0.25, 0.3) is 0 Å². The molecule has 2 aromatic rings. The molecule has 1 unspecified atom stereocenters. The van der Waals surface area contributed by atoms with Crippen molar-refractivity contribution in [3.8, 4) is 0 Å². The quantitative estimate of drug-likeness (QED) is 0.526. The van der Waals surface area contributed by atoms with Crippen molar-refractivity contribution in [1.82, 2.24) is 20.1 Å². The summed E-state index contributed by atoms with van der Waals surface area (Å²) in [6.07, 6.45) is 12.2. The first-order valence-corrected chi connectivity index (χ1v) is 14.3. The van der Waals surface area contributed by atoms with Gasteiger partial charge in [0, 0.05) is 37.9 Å². The number of likely N-dealkylation sites (tertiary alicyclic amines) is 2. The Kier molecular flexibility index (Phi) is 8.23. The maximum absolute atomic E-state index is 13.4. The van der Waals surface area contributed by atoms with E-state index in [0.29, 0.717) is 18.4 Å². The third-order valence-electron chi connectivity index (χ3n) is 9.28. The second kappa shape index (κ2) is 11.8. The van der Waals surface area contributed by atoms with E-state index in [9.17, 15) is 9.59 Å². The summed E-state index contributed by atoms with van der Waals surface area (Å²) in [6, 6.07) is 14.4. The molecule has 2 amide bonds. The van der Waals surface area contributed by atoms with Crippen molar-refractivity contribution < 1.29 is 9.59 Å². The maximum Gasteiger partial charge on any atom is 0.229 e. The predicted molar refractivity (Wildman–Crippen MR) is 145 cm³/mol. The Hall–Kier alpha value is -2.73. The summed E-state index contributed by atoms with van der Waals surface area (Å²) < 4.78 is 0. The van der Waals surface area contributed by atoms with Gasteiger partial charge in [-0.2, -0.15) is 0 Å². The van der Waals surface area contributed by atoms with Gasteiger partial charge in [-0.1, -0.05) is 56.2 Å². The number of nitrogens with one attached hydrogen (secondary N) is 1. The van der Waals surface area contributed by atoms with Gasteiger partial charge in [0.2, 0.25) is 11.8 Å². The largest absolute Gasteiger partial charge is 0.349 e. The number of nitrogens with zero attached hydrogens (tertiary/aromatic N) is 3. The van der Waals surface area contributed by atoms with E-state index in [1.807, 2.05) is 29.3 Å². The number of amides is 2. The van der Waals surface area contributed by atoms with Crippen molar-refractivity contribution in [1.29, 1.82) is 0 Å². The Labute approximate surface area is 221 Å². The lowest BCUT2D eigenvalue weighted by Gasteiger charge is -2.38. The number of benzene rings is 1. The summed E-state index contributed by atoms with van der Waals surface area (Å²) in [6.45, 7) is 6.43. The molecule has 37 heavy (non-hydrogen) atoms. The van der Waals surface area contributed by atoms with Gasteiger partial charge in [-0.15, -0.1) is 0 Å². The fourth-order valence-corrected chi connectivity index (χ4v) is 6.72. The predicted octanol–water partition coefficient (Wildman–Crippen LogP) is 4.97. The van der Waals surface area contributed by atoms with E-state index in [4.69, 9.17) is 0 Å². The van der Waals surface area contributed by atoms with Crippen LogP contribution in [0.3, 0.4) is 0 Å². The van der Waals surface area contributed by atoms with Crippen LogP contribution >= 0.6 is 0 Å². The van der Waals surface area contributed by atoms with Crippen LogP contribution in [0.5, 0.6) is 0 Å². The molecular formula is C31H42N4O2. The lowest BCUT2D eigenvalue weighted by Crippen LogP contribution is -2.45. The van der Waals surface area contributed by atoms with Crippen molar-refractivity contribution in [2.75, 3.05) is 26.2 Å². The van der Waals surface area contributed by atoms with E-state index < -0.39 is 0 Å². The molecule has 1 aromatic carbocycles. The van der Waals surface area contributed by atoms with Gasteiger partial charge in [0.05, 0.1) is 11.5 Å². The highest BCUT2D eigenvalue weighted by Crippen LogP contribution is 2.42. The second-order valence-electron chi connectivity index (χ2n) is 11.6. The fraction of sp³-hybridized carbons (Fsp3) is 0.581. The molecular weight excluding hydrogens is 460 g/mol. The normalized spacial score (nSPS) is 21.9. The molecule has 5 rings (SSSR count). The third kappa shape index (κ3) is 6.06. The molecule has 2 saturated heterocycles. The molecule has 3 fully saturated rings. The summed E-state index contributed by atoms with van der Waals surface area (Å²) in [5.74, 6) is 1.12. The Morgan fingerprint density at radius 1 is 1.05 bits per heavy atom. The van der Waals surface area contributed by atoms with Gasteiger partial charge in [0.1, 0.15) is 0 Å². The smallest absolute Gasteiger partial charge is 0.229 e. The van der Waals surface area contributed by atoms with Crippen LogP contribution in [-0.4, -0.2) is 52.8 Å². The molecule has 1 N–H and O–H groups in total. The first-order valence-electron chi connectivity index (χ1n) is 14.3. The third-order valence-corrected chi connectivity index (χ3v) is 9.28. The molecule has 1 saturated carbocycles. The molecule has 1 aliphatic carbocycles. The van der Waals surface area contributed by atoms with Crippen LogP contribution < -0.4 is 5.32 Å². The lowest BCUT2D eigenvalue weighted by molar-refractivity contribution is -0.139. The maximum atomic E-state index is 13.4. The van der Waals surface area contributed by atoms with Crippen LogP contribution in [0.25, 0.3) is 0 Å². The SMILES string of the molecule is CC(C(=O)N[C@@H](CCN1CCC2(CC1)CCN(Cc1cccnc1)C2=O)c1ccccc1)C1CCCC1. The summed E-state index contributed by atoms with van der Waals surface area (Å²) in [5.41, 5.74) is 2.09. The van der Waals surface area contributed by atoms with Gasteiger partial charge in [0.15, 0.2) is 0 Å². The second-order valence-corrected chi connectivity index (χ2v) is 11.6. The Bertz CT molecular complexity index is 1030. The number of piperidine rings is 1. The first kappa shape index (κ1) is 25.9. The number of hydrogen-bond acceptors (Lipinski definition) is 4. The summed E-state index contributed by atoms with van der Waals surface area (Å²) in [7, 11) is 0. The minimum atomic E-state index is -0.192. The van der Waals surface area contributed by atoms with E-state index in [1.54, 1.807) is 6.20 Å². The highest BCUT2D eigenvalue weighted by Gasteiger charge is 2.47. The number of pyridine rings is 1. The van der Waals surface area contributed by atoms with Crippen LogP contribution in [0.15, 0.2) is 54.9 Å². The molecule has 1 spiro atoms. The van der Waals surface area contributed by atoms with E-state index in [1.165, 1.54) is 31.2 Å². The number of aromatic nitrogens is 1. The number of carbonyl (C=O) groups excluding carboxylic acids is 2. The van der Waals surface area contributed by atoms with Gasteiger partial charge in [-0.25, -0.2) is 0 Å². The van der Waals surface area contributed by atoms with Crippen molar-refractivity contribution >= 4 is 11.8 Å². The standard InChI is InChI=1S/C31H42N4O2/c1-24(26-9-5-6-10-26)29(36)33-28(27-11-3-2-4-12-27)13-18-34-19-14-31(15-20-34)16-21-35(30(31)37)23-25-8-7-17-32-22-25/h2-4,7-8,11-12,17,22,24,26,28H,5-6,9-10,13-16,18-21,23H2,1H3,(H,33,36)/t24?,28-/m0/s1. The minimum Gasteiger partial charge on any atom is -0.349 e. The average Bonchev–Trinajstić information content (AvgIpc) is 3.58. The minimum absolute atomic E-state index is 0.0246. The average molecular weight is 503 g/mol.